The number of carbonyl (C=O) groups is 4. The number of aliphatic carboxylic acids is 1. The molecule has 4 aliphatic carbocycles. The van der Waals surface area contributed by atoms with Gasteiger partial charge in [-0.2, -0.15) is 0 Å². The number of carboxylic acid groups (broad SMARTS) is 1. The van der Waals surface area contributed by atoms with Crippen molar-refractivity contribution in [2.24, 2.45) is 46.3 Å². The third kappa shape index (κ3) is 3.02. The number of rotatable bonds is 4. The van der Waals surface area contributed by atoms with E-state index in [1.807, 2.05) is 6.92 Å². The zero-order chi connectivity index (χ0) is 21.1. The van der Waals surface area contributed by atoms with E-state index in [2.05, 4.69) is 13.8 Å². The Balaban J connectivity index is 1.63. The van der Waals surface area contributed by atoms with Crippen molar-refractivity contribution in [2.75, 3.05) is 0 Å². The van der Waals surface area contributed by atoms with E-state index in [-0.39, 0.29) is 64.7 Å². The van der Waals surface area contributed by atoms with Gasteiger partial charge in [0.1, 0.15) is 17.3 Å². The predicted molar refractivity (Wildman–Crippen MR) is 104 cm³/mol. The van der Waals surface area contributed by atoms with Gasteiger partial charge in [-0.3, -0.25) is 14.4 Å². The molecule has 0 aromatic carbocycles. The standard InChI is InChI=1S/C24H34O5/c1-13(4-7-21(28)29)16-5-6-17-22-18(12-20(27)24(16,17)3)23(2)9-8-15(25)10-14(23)11-19(22)26/h13-14,16-18,22H,4-12H2,1-3H3,(H,28,29)/p-1/t13-,14-,16+,17+,18+,22-,23+,24+/m1/s1. The van der Waals surface area contributed by atoms with E-state index >= 15 is 0 Å². The summed E-state index contributed by atoms with van der Waals surface area (Å²) in [6.45, 7) is 6.32. The Labute approximate surface area is 173 Å². The second kappa shape index (κ2) is 7.02. The van der Waals surface area contributed by atoms with E-state index in [9.17, 15) is 24.3 Å². The van der Waals surface area contributed by atoms with Gasteiger partial charge in [0.05, 0.1) is 0 Å². The van der Waals surface area contributed by atoms with Gasteiger partial charge < -0.3 is 9.90 Å². The van der Waals surface area contributed by atoms with Crippen LogP contribution in [0.3, 0.4) is 0 Å². The highest BCUT2D eigenvalue weighted by molar-refractivity contribution is 5.93. The number of ketones is 3. The minimum Gasteiger partial charge on any atom is -0.550 e. The fraction of sp³-hybridized carbons (Fsp3) is 0.833. The number of hydrogen-bond donors (Lipinski definition) is 0. The molecule has 4 fully saturated rings. The van der Waals surface area contributed by atoms with E-state index < -0.39 is 11.4 Å². The third-order valence-electron chi connectivity index (χ3n) is 9.71. The quantitative estimate of drug-likeness (QED) is 0.722. The summed E-state index contributed by atoms with van der Waals surface area (Å²) in [6.07, 6.45) is 5.08. The molecule has 0 bridgehead atoms. The zero-order valence-corrected chi connectivity index (χ0v) is 17.9. The van der Waals surface area contributed by atoms with Gasteiger partial charge in [-0.15, -0.1) is 0 Å². The van der Waals surface area contributed by atoms with E-state index in [0.717, 1.165) is 19.3 Å². The third-order valence-corrected chi connectivity index (χ3v) is 9.71. The molecular formula is C24H33O5-. The molecule has 0 aromatic rings. The van der Waals surface area contributed by atoms with Crippen molar-refractivity contribution in [3.8, 4) is 0 Å². The highest BCUT2D eigenvalue weighted by Crippen LogP contribution is 2.66. The van der Waals surface area contributed by atoms with Gasteiger partial charge in [0.15, 0.2) is 0 Å². The molecule has 5 nitrogen and oxygen atoms in total. The molecule has 29 heavy (non-hydrogen) atoms. The molecule has 0 saturated heterocycles. The molecule has 0 N–H and O–H groups in total. The summed E-state index contributed by atoms with van der Waals surface area (Å²) < 4.78 is 0. The Bertz CT molecular complexity index is 756. The van der Waals surface area contributed by atoms with Crippen LogP contribution in [0, 0.1) is 46.3 Å². The van der Waals surface area contributed by atoms with Crippen LogP contribution in [0.25, 0.3) is 0 Å². The maximum Gasteiger partial charge on any atom is 0.139 e. The van der Waals surface area contributed by atoms with Gasteiger partial charge in [-0.1, -0.05) is 20.8 Å². The molecule has 0 unspecified atom stereocenters. The lowest BCUT2D eigenvalue weighted by Crippen LogP contribution is -2.60. The van der Waals surface area contributed by atoms with Gasteiger partial charge in [-0.25, -0.2) is 0 Å². The highest BCUT2D eigenvalue weighted by Gasteiger charge is 2.66. The average molecular weight is 402 g/mol. The largest absolute Gasteiger partial charge is 0.550 e. The minimum atomic E-state index is -1.04. The van der Waals surface area contributed by atoms with Crippen molar-refractivity contribution in [1.29, 1.82) is 0 Å². The Morgan fingerprint density at radius 1 is 1.10 bits per heavy atom. The zero-order valence-electron chi connectivity index (χ0n) is 17.9. The molecule has 0 amide bonds. The number of Topliss-reactive ketones (excluding diaryl/α,β-unsaturated/α-hetero) is 3. The molecule has 0 radical (unpaired) electrons. The van der Waals surface area contributed by atoms with Crippen molar-refractivity contribution in [3.63, 3.8) is 0 Å². The molecule has 4 aliphatic rings. The molecule has 0 heterocycles. The van der Waals surface area contributed by atoms with Crippen molar-refractivity contribution >= 4 is 23.3 Å². The van der Waals surface area contributed by atoms with Crippen LogP contribution < -0.4 is 5.11 Å². The first-order valence-corrected chi connectivity index (χ1v) is 11.4. The van der Waals surface area contributed by atoms with E-state index in [1.54, 1.807) is 0 Å². The first kappa shape index (κ1) is 20.7. The van der Waals surface area contributed by atoms with Crippen LogP contribution in [0.2, 0.25) is 0 Å². The van der Waals surface area contributed by atoms with Gasteiger partial charge in [0.25, 0.3) is 0 Å². The number of fused-ring (bicyclic) bond motifs is 5. The molecule has 8 atom stereocenters. The second-order valence-electron chi connectivity index (χ2n) is 10.8. The minimum absolute atomic E-state index is 0.0192. The lowest BCUT2D eigenvalue weighted by atomic mass is 9.44. The molecule has 0 aromatic heterocycles. The monoisotopic (exact) mass is 401 g/mol. The Morgan fingerprint density at radius 2 is 1.83 bits per heavy atom. The second-order valence-corrected chi connectivity index (χ2v) is 10.8. The normalized spacial score (nSPS) is 45.3. The van der Waals surface area contributed by atoms with Crippen LogP contribution in [0.4, 0.5) is 0 Å². The smallest absolute Gasteiger partial charge is 0.139 e. The maximum absolute atomic E-state index is 13.6. The lowest BCUT2D eigenvalue weighted by Gasteiger charge is -2.58. The average Bonchev–Trinajstić information content (AvgIpc) is 3.01. The van der Waals surface area contributed by atoms with Gasteiger partial charge in [-0.05, 0) is 67.1 Å². The fourth-order valence-electron chi connectivity index (χ4n) is 7.94. The van der Waals surface area contributed by atoms with E-state index in [1.165, 1.54) is 0 Å². The summed E-state index contributed by atoms with van der Waals surface area (Å²) in [5, 5.41) is 10.9. The molecule has 0 aliphatic heterocycles. The van der Waals surface area contributed by atoms with Crippen LogP contribution >= 0.6 is 0 Å². The van der Waals surface area contributed by atoms with E-state index in [0.29, 0.717) is 32.1 Å². The van der Waals surface area contributed by atoms with Gasteiger partial charge >= 0.3 is 0 Å². The molecule has 4 saturated carbocycles. The van der Waals surface area contributed by atoms with Gasteiger partial charge in [0, 0.05) is 43.0 Å². The number of carboxylic acids is 1. The van der Waals surface area contributed by atoms with Crippen LogP contribution in [-0.4, -0.2) is 23.3 Å². The molecule has 0 spiro atoms. The molecule has 160 valence electrons. The summed E-state index contributed by atoms with van der Waals surface area (Å²) in [4.78, 5) is 49.8. The predicted octanol–water partition coefficient (Wildman–Crippen LogP) is 2.74. The van der Waals surface area contributed by atoms with Crippen molar-refractivity contribution < 1.29 is 24.3 Å². The lowest BCUT2D eigenvalue weighted by molar-refractivity contribution is -0.306. The molecule has 5 heteroatoms. The van der Waals surface area contributed by atoms with Crippen LogP contribution in [0.15, 0.2) is 0 Å². The van der Waals surface area contributed by atoms with Crippen molar-refractivity contribution in [2.45, 2.75) is 78.6 Å². The first-order valence-electron chi connectivity index (χ1n) is 11.4. The first-order chi connectivity index (χ1) is 13.6. The Morgan fingerprint density at radius 3 is 2.52 bits per heavy atom. The molecular weight excluding hydrogens is 368 g/mol. The number of carbonyl (C=O) groups excluding carboxylic acids is 4. The molecule has 4 rings (SSSR count). The summed E-state index contributed by atoms with van der Waals surface area (Å²) in [5.41, 5.74) is -0.627. The summed E-state index contributed by atoms with van der Waals surface area (Å²) >= 11 is 0. The topological polar surface area (TPSA) is 91.3 Å². The Hall–Kier alpha value is -1.52. The van der Waals surface area contributed by atoms with E-state index in [4.69, 9.17) is 0 Å². The van der Waals surface area contributed by atoms with Crippen molar-refractivity contribution in [3.05, 3.63) is 0 Å². The summed E-state index contributed by atoms with van der Waals surface area (Å²) in [7, 11) is 0. The van der Waals surface area contributed by atoms with Crippen molar-refractivity contribution in [1.82, 2.24) is 0 Å². The highest BCUT2D eigenvalue weighted by atomic mass is 16.4. The van der Waals surface area contributed by atoms with Crippen LogP contribution in [0.1, 0.15) is 78.6 Å². The summed E-state index contributed by atoms with van der Waals surface area (Å²) in [6, 6.07) is 0. The Kier molecular flexibility index (Phi) is 5.02. The fourth-order valence-corrected chi connectivity index (χ4v) is 7.94. The summed E-state index contributed by atoms with van der Waals surface area (Å²) in [5.74, 6) is 0.130. The maximum atomic E-state index is 13.6. The van der Waals surface area contributed by atoms with Gasteiger partial charge in [0.2, 0.25) is 0 Å². The SMILES string of the molecule is C[C@H](CCC(=O)[O-])[C@@H]1CC[C@H]2[C@H]3C(=O)C[C@H]4CC(=O)CC[C@]4(C)[C@H]3CC(=O)[C@]21C. The number of hydrogen-bond acceptors (Lipinski definition) is 5. The van der Waals surface area contributed by atoms with Crippen LogP contribution in [0.5, 0.6) is 0 Å². The van der Waals surface area contributed by atoms with Crippen LogP contribution in [-0.2, 0) is 19.2 Å².